The topological polar surface area (TPSA) is 68.1 Å². The highest BCUT2D eigenvalue weighted by atomic mass is 16.5. The molecule has 0 saturated carbocycles. The van der Waals surface area contributed by atoms with Crippen molar-refractivity contribution in [2.24, 2.45) is 9.98 Å². The normalized spacial score (nSPS) is 11.1. The van der Waals surface area contributed by atoms with Gasteiger partial charge in [0.15, 0.2) is 0 Å². The van der Waals surface area contributed by atoms with Crippen molar-refractivity contribution in [3.05, 3.63) is 49.2 Å². The van der Waals surface area contributed by atoms with E-state index in [0.29, 0.717) is 12.8 Å². The van der Waals surface area contributed by atoms with E-state index in [1.165, 1.54) is 37.1 Å². The van der Waals surface area contributed by atoms with Crippen LogP contribution in [0.3, 0.4) is 0 Å². The summed E-state index contributed by atoms with van der Waals surface area (Å²) in [6, 6.07) is 0. The van der Waals surface area contributed by atoms with E-state index in [4.69, 9.17) is 4.74 Å². The van der Waals surface area contributed by atoms with Crippen molar-refractivity contribution in [2.45, 2.75) is 12.8 Å². The molecule has 0 atom stereocenters. The Labute approximate surface area is 99.2 Å². The van der Waals surface area contributed by atoms with Crippen molar-refractivity contribution in [2.75, 3.05) is 0 Å². The maximum absolute atomic E-state index is 9.68. The zero-order chi connectivity index (χ0) is 12.6. The Morgan fingerprint density at radius 2 is 1.29 bits per heavy atom. The number of ether oxygens (including phenoxy) is 1. The molecule has 0 rings (SSSR count). The molecule has 0 aliphatic rings. The molecule has 0 aliphatic carbocycles. The van der Waals surface area contributed by atoms with Gasteiger partial charge in [0.05, 0.1) is 12.5 Å². The summed E-state index contributed by atoms with van der Waals surface area (Å²) in [5.74, 6) is 0. The van der Waals surface area contributed by atoms with Crippen LogP contribution in [-0.4, -0.2) is 12.2 Å². The van der Waals surface area contributed by atoms with Gasteiger partial charge in [-0.05, 0) is 25.0 Å². The van der Waals surface area contributed by atoms with Crippen LogP contribution < -0.4 is 0 Å². The van der Waals surface area contributed by atoms with E-state index in [0.717, 1.165) is 0 Å². The third-order valence-corrected chi connectivity index (χ3v) is 1.36. The van der Waals surface area contributed by atoms with Crippen LogP contribution in [0.2, 0.25) is 0 Å². The highest BCUT2D eigenvalue weighted by molar-refractivity contribution is 5.34. The fourth-order valence-electron chi connectivity index (χ4n) is 0.713. The highest BCUT2D eigenvalue weighted by Gasteiger charge is 1.73. The monoisotopic (exact) mass is 232 g/mol. The molecule has 0 N–H and O–H groups in total. The molecule has 5 heteroatoms. The van der Waals surface area contributed by atoms with Crippen molar-refractivity contribution in [1.82, 2.24) is 0 Å². The van der Waals surface area contributed by atoms with Gasteiger partial charge in [-0.3, -0.25) is 0 Å². The minimum absolute atomic E-state index is 0.618. The fourth-order valence-corrected chi connectivity index (χ4v) is 0.713. The molecule has 0 unspecified atom stereocenters. The Morgan fingerprint density at radius 1 is 0.824 bits per heavy atom. The van der Waals surface area contributed by atoms with Crippen LogP contribution in [0.25, 0.3) is 0 Å². The van der Waals surface area contributed by atoms with Crippen LogP contribution in [0.1, 0.15) is 12.8 Å². The summed E-state index contributed by atoms with van der Waals surface area (Å²) in [7, 11) is 0. The first kappa shape index (κ1) is 14.5. The second kappa shape index (κ2) is 13.5. The van der Waals surface area contributed by atoms with Gasteiger partial charge in [0, 0.05) is 12.4 Å². The largest absolute Gasteiger partial charge is 0.473 e. The second-order valence-electron chi connectivity index (χ2n) is 2.56. The van der Waals surface area contributed by atoms with E-state index in [-0.39, 0.29) is 0 Å². The lowest BCUT2D eigenvalue weighted by molar-refractivity contribution is 0.400. The molecule has 0 amide bonds. The number of nitrogens with zero attached hydrogens (tertiary/aromatic N) is 2. The predicted octanol–water partition coefficient (Wildman–Crippen LogP) is 2.51. The van der Waals surface area contributed by atoms with Crippen molar-refractivity contribution in [3.8, 4) is 0 Å². The molecule has 5 nitrogen and oxygen atoms in total. The van der Waals surface area contributed by atoms with E-state index in [1.807, 2.05) is 0 Å². The third-order valence-electron chi connectivity index (χ3n) is 1.36. The minimum Gasteiger partial charge on any atom is -0.473 e. The molecule has 0 heterocycles. The summed E-state index contributed by atoms with van der Waals surface area (Å²) in [4.78, 5) is 25.8. The molecule has 0 fully saturated rings. The first-order valence-corrected chi connectivity index (χ1v) is 4.81. The second-order valence-corrected chi connectivity index (χ2v) is 2.56. The molecule has 0 aromatic carbocycles. The average Bonchev–Trinajstić information content (AvgIpc) is 2.35. The number of allylic oxidation sites excluding steroid dienone is 4. The lowest BCUT2D eigenvalue weighted by atomic mass is 10.4. The lowest BCUT2D eigenvalue weighted by Crippen LogP contribution is -1.66. The quantitative estimate of drug-likeness (QED) is 0.367. The Morgan fingerprint density at radius 3 is 1.71 bits per heavy atom. The first-order valence-electron chi connectivity index (χ1n) is 4.81. The first-order chi connectivity index (χ1) is 8.41. The fraction of sp³-hybridized carbons (Fsp3) is 0.167. The van der Waals surface area contributed by atoms with Crippen LogP contribution in [0, 0.1) is 0 Å². The number of hydrogen-bond acceptors (Lipinski definition) is 5. The van der Waals surface area contributed by atoms with Crippen molar-refractivity contribution in [1.29, 1.82) is 0 Å². The number of isocyanates is 2. The van der Waals surface area contributed by atoms with Gasteiger partial charge in [-0.2, -0.15) is 9.98 Å². The summed E-state index contributed by atoms with van der Waals surface area (Å²) in [6.07, 6.45) is 16.7. The smallest absolute Gasteiger partial charge is 0.239 e. The van der Waals surface area contributed by atoms with Crippen LogP contribution >= 0.6 is 0 Å². The zero-order valence-electron chi connectivity index (χ0n) is 9.15. The maximum atomic E-state index is 9.68. The van der Waals surface area contributed by atoms with Crippen LogP contribution in [0.15, 0.2) is 59.2 Å². The number of aliphatic imine (C=N–C) groups is 2. The maximum Gasteiger partial charge on any atom is 0.239 e. The van der Waals surface area contributed by atoms with E-state index >= 15 is 0 Å². The van der Waals surface area contributed by atoms with Crippen molar-refractivity contribution in [3.63, 3.8) is 0 Å². The minimum atomic E-state index is 0.618. The van der Waals surface area contributed by atoms with Crippen LogP contribution in [0.4, 0.5) is 0 Å². The summed E-state index contributed by atoms with van der Waals surface area (Å²) in [5.41, 5.74) is 0. The summed E-state index contributed by atoms with van der Waals surface area (Å²) >= 11 is 0. The highest BCUT2D eigenvalue weighted by Crippen LogP contribution is 1.90. The molecule has 0 saturated heterocycles. The molecule has 0 aliphatic heterocycles. The SMILES string of the molecule is O=C=NC=CCC=COC=CCC=CN=C=O. The van der Waals surface area contributed by atoms with Crippen LogP contribution in [-0.2, 0) is 14.3 Å². The Bertz CT molecular complexity index is 358. The van der Waals surface area contributed by atoms with Crippen molar-refractivity contribution < 1.29 is 14.3 Å². The van der Waals surface area contributed by atoms with Gasteiger partial charge in [0.25, 0.3) is 0 Å². The molecule has 0 radical (unpaired) electrons. The Balaban J connectivity index is 3.55. The zero-order valence-corrected chi connectivity index (χ0v) is 9.15. The van der Waals surface area contributed by atoms with Gasteiger partial charge in [-0.1, -0.05) is 12.2 Å². The van der Waals surface area contributed by atoms with E-state index < -0.39 is 0 Å². The number of hydrogen-bond donors (Lipinski definition) is 0. The number of carbonyl (C=O) groups excluding carboxylic acids is 2. The standard InChI is InChI=1S/C12H12N2O3/c15-11-13-7-3-1-5-9-17-10-6-2-4-8-14-12-16/h3-10H,1-2H2. The molecule has 17 heavy (non-hydrogen) atoms. The number of rotatable bonds is 8. The molecule has 0 aromatic rings. The van der Waals surface area contributed by atoms with Gasteiger partial charge in [0.1, 0.15) is 0 Å². The van der Waals surface area contributed by atoms with Gasteiger partial charge in [0.2, 0.25) is 12.2 Å². The third kappa shape index (κ3) is 13.5. The van der Waals surface area contributed by atoms with E-state index in [1.54, 1.807) is 24.3 Å². The molecule has 0 bridgehead atoms. The molecular weight excluding hydrogens is 220 g/mol. The van der Waals surface area contributed by atoms with E-state index in [2.05, 4.69) is 9.98 Å². The summed E-state index contributed by atoms with van der Waals surface area (Å²) < 4.78 is 5.00. The summed E-state index contributed by atoms with van der Waals surface area (Å²) in [6.45, 7) is 0. The molecule has 88 valence electrons. The molecule has 0 aromatic heterocycles. The summed E-state index contributed by atoms with van der Waals surface area (Å²) in [5, 5.41) is 0. The Hall–Kier alpha value is -2.48. The van der Waals surface area contributed by atoms with Gasteiger partial charge in [-0.25, -0.2) is 9.59 Å². The van der Waals surface area contributed by atoms with Gasteiger partial charge in [-0.15, -0.1) is 0 Å². The average molecular weight is 232 g/mol. The predicted molar refractivity (Wildman–Crippen MR) is 63.1 cm³/mol. The Kier molecular flexibility index (Phi) is 11.5. The van der Waals surface area contributed by atoms with Crippen LogP contribution in [0.5, 0.6) is 0 Å². The molecule has 0 spiro atoms. The van der Waals surface area contributed by atoms with Gasteiger partial charge >= 0.3 is 0 Å². The molecular formula is C12H12N2O3. The lowest BCUT2D eigenvalue weighted by Gasteiger charge is -1.87. The van der Waals surface area contributed by atoms with Crippen molar-refractivity contribution >= 4 is 12.2 Å². The van der Waals surface area contributed by atoms with Gasteiger partial charge < -0.3 is 4.74 Å². The van der Waals surface area contributed by atoms with E-state index in [9.17, 15) is 9.59 Å².